The molecule has 0 saturated carbocycles. The first-order chi connectivity index (χ1) is 9.41. The van der Waals surface area contributed by atoms with Gasteiger partial charge < -0.3 is 0 Å². The van der Waals surface area contributed by atoms with Crippen molar-refractivity contribution in [2.75, 3.05) is 0 Å². The van der Waals surface area contributed by atoms with Crippen LogP contribution in [0.25, 0.3) is 0 Å². The van der Waals surface area contributed by atoms with Crippen LogP contribution in [0.3, 0.4) is 0 Å². The first-order valence-corrected chi connectivity index (χ1v) is 8.00. The molecule has 0 aliphatic carbocycles. The summed E-state index contributed by atoms with van der Waals surface area (Å²) < 4.78 is 23.7. The summed E-state index contributed by atoms with van der Waals surface area (Å²) in [4.78, 5) is 10.4. The summed E-state index contributed by atoms with van der Waals surface area (Å²) in [6.45, 7) is 0. The highest BCUT2D eigenvalue weighted by Crippen LogP contribution is 2.37. The Morgan fingerprint density at radius 2 is 1.55 bits per heavy atom. The van der Waals surface area contributed by atoms with Gasteiger partial charge in [-0.15, -0.1) is 0 Å². The summed E-state index contributed by atoms with van der Waals surface area (Å²) in [6, 6.07) is 13.8. The fourth-order valence-electron chi connectivity index (χ4n) is 2.00. The van der Waals surface area contributed by atoms with Crippen molar-refractivity contribution in [3.8, 4) is 0 Å². The topological polar surface area (TPSA) is 77.3 Å². The zero-order valence-electron chi connectivity index (χ0n) is 10.1. The van der Waals surface area contributed by atoms with E-state index in [1.807, 2.05) is 0 Å². The molecule has 0 aliphatic rings. The fraction of sp³-hybridized carbons (Fsp3) is 0.0769. The Balaban J connectivity index is 2.69. The third-order valence-corrected chi connectivity index (χ3v) is 4.42. The van der Waals surface area contributed by atoms with Gasteiger partial charge in [-0.2, -0.15) is 0 Å². The molecule has 1 unspecified atom stereocenters. The standard InChI is InChI=1S/C13H10ClNO4S/c14-20(18,19)13(10-6-2-1-3-7-10)11-8-4-5-9-12(11)15(16)17/h1-9,13H. The van der Waals surface area contributed by atoms with Crippen molar-refractivity contribution >= 4 is 25.4 Å². The van der Waals surface area contributed by atoms with Crippen molar-refractivity contribution in [2.45, 2.75) is 5.25 Å². The van der Waals surface area contributed by atoms with Gasteiger partial charge >= 0.3 is 0 Å². The number of nitro groups is 1. The van der Waals surface area contributed by atoms with Crippen LogP contribution in [-0.4, -0.2) is 13.3 Å². The molecule has 0 heterocycles. The van der Waals surface area contributed by atoms with E-state index in [0.29, 0.717) is 5.56 Å². The van der Waals surface area contributed by atoms with E-state index in [0.717, 1.165) is 0 Å². The lowest BCUT2D eigenvalue weighted by Crippen LogP contribution is -2.11. The van der Waals surface area contributed by atoms with Crippen molar-refractivity contribution in [3.05, 3.63) is 75.8 Å². The van der Waals surface area contributed by atoms with Gasteiger partial charge in [0.1, 0.15) is 5.25 Å². The lowest BCUT2D eigenvalue weighted by Gasteiger charge is -2.14. The SMILES string of the molecule is O=[N+]([O-])c1ccccc1C(c1ccccc1)S(=O)(=O)Cl. The summed E-state index contributed by atoms with van der Waals surface area (Å²) in [7, 11) is 1.44. The minimum absolute atomic E-state index is 0.0544. The highest BCUT2D eigenvalue weighted by Gasteiger charge is 2.32. The third kappa shape index (κ3) is 2.97. The Hall–Kier alpha value is -1.92. The Bertz CT molecular complexity index is 731. The monoisotopic (exact) mass is 311 g/mol. The molecule has 0 fully saturated rings. The third-order valence-electron chi connectivity index (χ3n) is 2.80. The van der Waals surface area contributed by atoms with E-state index in [1.165, 1.54) is 18.2 Å². The molecule has 5 nitrogen and oxygen atoms in total. The molecule has 0 N–H and O–H groups in total. The van der Waals surface area contributed by atoms with Crippen molar-refractivity contribution in [2.24, 2.45) is 0 Å². The smallest absolute Gasteiger partial charge is 0.258 e. The summed E-state index contributed by atoms with van der Waals surface area (Å²) in [5.74, 6) is 0. The van der Waals surface area contributed by atoms with Gasteiger partial charge in [0, 0.05) is 16.7 Å². The molecule has 0 spiro atoms. The number of para-hydroxylation sites is 1. The van der Waals surface area contributed by atoms with Crippen LogP contribution in [0.4, 0.5) is 5.69 Å². The van der Waals surface area contributed by atoms with Crippen LogP contribution in [0.5, 0.6) is 0 Å². The first-order valence-electron chi connectivity index (χ1n) is 5.63. The second kappa shape index (κ2) is 5.60. The van der Waals surface area contributed by atoms with Crippen molar-refractivity contribution in [1.29, 1.82) is 0 Å². The lowest BCUT2D eigenvalue weighted by atomic mass is 10.0. The number of benzene rings is 2. The van der Waals surface area contributed by atoms with Gasteiger partial charge in [0.15, 0.2) is 0 Å². The molecular formula is C13H10ClNO4S. The second-order valence-electron chi connectivity index (χ2n) is 4.08. The maximum atomic E-state index is 11.8. The number of halogens is 1. The molecule has 2 rings (SSSR count). The van der Waals surface area contributed by atoms with E-state index in [2.05, 4.69) is 0 Å². The van der Waals surface area contributed by atoms with E-state index in [-0.39, 0.29) is 11.3 Å². The predicted octanol–water partition coefficient (Wildman–Crippen LogP) is 3.25. The van der Waals surface area contributed by atoms with E-state index in [1.54, 1.807) is 36.4 Å². The summed E-state index contributed by atoms with van der Waals surface area (Å²) >= 11 is 0. The molecule has 0 saturated heterocycles. The molecule has 104 valence electrons. The average molecular weight is 312 g/mol. The molecular weight excluding hydrogens is 302 g/mol. The zero-order valence-corrected chi connectivity index (χ0v) is 11.7. The van der Waals surface area contributed by atoms with Crippen LogP contribution in [0.15, 0.2) is 54.6 Å². The minimum atomic E-state index is -4.06. The predicted molar refractivity (Wildman–Crippen MR) is 76.2 cm³/mol. The van der Waals surface area contributed by atoms with Crippen LogP contribution in [-0.2, 0) is 9.05 Å². The molecule has 20 heavy (non-hydrogen) atoms. The first kappa shape index (κ1) is 14.5. The maximum absolute atomic E-state index is 11.8. The number of hydrogen-bond acceptors (Lipinski definition) is 4. The normalized spacial score (nSPS) is 12.8. The fourth-order valence-corrected chi connectivity index (χ4v) is 3.58. The van der Waals surface area contributed by atoms with Crippen LogP contribution in [0.1, 0.15) is 16.4 Å². The molecule has 1 atom stereocenters. The van der Waals surface area contributed by atoms with Crippen molar-refractivity contribution in [3.63, 3.8) is 0 Å². The van der Waals surface area contributed by atoms with E-state index < -0.39 is 19.2 Å². The molecule has 2 aromatic rings. The zero-order chi connectivity index (χ0) is 14.8. The lowest BCUT2D eigenvalue weighted by molar-refractivity contribution is -0.385. The van der Waals surface area contributed by atoms with E-state index in [9.17, 15) is 18.5 Å². The second-order valence-corrected chi connectivity index (χ2v) is 6.80. The van der Waals surface area contributed by atoms with Gasteiger partial charge in [-0.05, 0) is 5.56 Å². The van der Waals surface area contributed by atoms with Crippen LogP contribution in [0.2, 0.25) is 0 Å². The molecule has 7 heteroatoms. The molecule has 0 radical (unpaired) electrons. The molecule has 2 aromatic carbocycles. The molecule has 0 aliphatic heterocycles. The Morgan fingerprint density at radius 1 is 1.00 bits per heavy atom. The summed E-state index contributed by atoms with van der Waals surface area (Å²) in [6.07, 6.45) is 0. The average Bonchev–Trinajstić information content (AvgIpc) is 2.39. The van der Waals surface area contributed by atoms with E-state index in [4.69, 9.17) is 10.7 Å². The Morgan fingerprint density at radius 3 is 2.10 bits per heavy atom. The Kier molecular flexibility index (Phi) is 4.06. The van der Waals surface area contributed by atoms with Gasteiger partial charge in [0.25, 0.3) is 5.69 Å². The quantitative estimate of drug-likeness (QED) is 0.493. The van der Waals surface area contributed by atoms with Crippen LogP contribution in [0, 0.1) is 10.1 Å². The summed E-state index contributed by atoms with van der Waals surface area (Å²) in [5, 5.41) is 9.78. The molecule has 0 aromatic heterocycles. The van der Waals surface area contributed by atoms with Crippen molar-refractivity contribution in [1.82, 2.24) is 0 Å². The maximum Gasteiger partial charge on any atom is 0.274 e. The van der Waals surface area contributed by atoms with Gasteiger partial charge in [0.2, 0.25) is 9.05 Å². The Labute approximate surface area is 120 Å². The van der Waals surface area contributed by atoms with Gasteiger partial charge in [0.05, 0.1) is 10.5 Å². The largest absolute Gasteiger partial charge is 0.274 e. The summed E-state index contributed by atoms with van der Waals surface area (Å²) in [5.41, 5.74) is 0.168. The van der Waals surface area contributed by atoms with Crippen molar-refractivity contribution < 1.29 is 13.3 Å². The molecule has 0 amide bonds. The highest BCUT2D eigenvalue weighted by molar-refractivity contribution is 8.14. The number of hydrogen-bond donors (Lipinski definition) is 0. The van der Waals surface area contributed by atoms with Crippen LogP contribution < -0.4 is 0 Å². The number of rotatable bonds is 4. The molecule has 0 bridgehead atoms. The van der Waals surface area contributed by atoms with Gasteiger partial charge in [-0.1, -0.05) is 48.5 Å². The van der Waals surface area contributed by atoms with Crippen LogP contribution >= 0.6 is 10.7 Å². The highest BCUT2D eigenvalue weighted by atomic mass is 35.7. The van der Waals surface area contributed by atoms with E-state index >= 15 is 0 Å². The van der Waals surface area contributed by atoms with Gasteiger partial charge in [-0.3, -0.25) is 10.1 Å². The number of nitro benzene ring substituents is 1. The van der Waals surface area contributed by atoms with Gasteiger partial charge in [-0.25, -0.2) is 8.42 Å². The minimum Gasteiger partial charge on any atom is -0.258 e. The number of nitrogens with zero attached hydrogens (tertiary/aromatic N) is 1.